The van der Waals surface area contributed by atoms with Crippen LogP contribution in [0.2, 0.25) is 0 Å². The number of rotatable bonds is 6. The van der Waals surface area contributed by atoms with Gasteiger partial charge in [-0.15, -0.1) is 0 Å². The lowest BCUT2D eigenvalue weighted by atomic mass is 9.71. The third kappa shape index (κ3) is 2.60. The van der Waals surface area contributed by atoms with Crippen LogP contribution >= 0.6 is 0 Å². The fourth-order valence-corrected chi connectivity index (χ4v) is 7.39. The second kappa shape index (κ2) is 7.44. The quantitative estimate of drug-likeness (QED) is 0.159. The zero-order valence-corrected chi connectivity index (χ0v) is 21.9. The Morgan fingerprint density at radius 2 is 1.76 bits per heavy atom. The number of aryl methyl sites for hydroxylation is 1. The van der Waals surface area contributed by atoms with E-state index in [-0.39, 0.29) is 11.0 Å². The molecule has 0 N–H and O–H groups in total. The SMILES string of the molecule is CCCCCC1(C)Cc2c(C)n3c4c5c(cccc5c5c(C)ccc1c5[n+]24)C=CC3(CC)CC. The molecule has 2 aliphatic heterocycles. The van der Waals surface area contributed by atoms with Crippen molar-refractivity contribution in [2.24, 2.45) is 0 Å². The number of hydrogen-bond acceptors (Lipinski definition) is 0. The van der Waals surface area contributed by atoms with Gasteiger partial charge in [0.15, 0.2) is 5.69 Å². The minimum absolute atomic E-state index is 0.0140. The fraction of sp³-hybridized carbons (Fsp3) is 0.469. The van der Waals surface area contributed by atoms with Crippen LogP contribution < -0.4 is 4.40 Å². The molecule has 2 heteroatoms. The highest BCUT2D eigenvalue weighted by molar-refractivity contribution is 6.14. The average Bonchev–Trinajstić information content (AvgIpc) is 3.03. The first kappa shape index (κ1) is 21.9. The lowest BCUT2D eigenvalue weighted by Gasteiger charge is -2.33. The van der Waals surface area contributed by atoms with Gasteiger partial charge in [-0.3, -0.25) is 0 Å². The van der Waals surface area contributed by atoms with Crippen molar-refractivity contribution in [2.45, 2.75) is 97.4 Å². The predicted molar refractivity (Wildman–Crippen MR) is 145 cm³/mol. The van der Waals surface area contributed by atoms with Crippen molar-refractivity contribution in [3.63, 3.8) is 0 Å². The van der Waals surface area contributed by atoms with Gasteiger partial charge in [0.05, 0.1) is 5.39 Å². The van der Waals surface area contributed by atoms with E-state index in [1.54, 1.807) is 5.56 Å². The molecule has 2 aliphatic rings. The molecule has 2 aromatic carbocycles. The number of pyridine rings is 1. The van der Waals surface area contributed by atoms with E-state index in [0.29, 0.717) is 0 Å². The van der Waals surface area contributed by atoms with Crippen molar-refractivity contribution in [1.82, 2.24) is 4.57 Å². The molecule has 0 saturated heterocycles. The van der Waals surface area contributed by atoms with Crippen LogP contribution in [-0.4, -0.2) is 4.57 Å². The standard InChI is InChI=1S/C32H39N2/c1-7-10-11-18-31(6)20-26-22(5)34-30-28-23(17-19-32(34,8-2)9-3)13-12-14-24(28)27-21(4)15-16-25(31)29(27)33(26)30/h12-17,19H,7-11,18,20H2,1-6H3/q+1. The molecule has 0 bridgehead atoms. The van der Waals surface area contributed by atoms with Gasteiger partial charge >= 0.3 is 0 Å². The van der Waals surface area contributed by atoms with Crippen LogP contribution in [0.15, 0.2) is 36.4 Å². The topological polar surface area (TPSA) is 9.03 Å². The second-order valence-corrected chi connectivity index (χ2v) is 11.3. The Morgan fingerprint density at radius 3 is 2.50 bits per heavy atom. The maximum Gasteiger partial charge on any atom is 0.296 e. The number of imidazole rings is 1. The van der Waals surface area contributed by atoms with Gasteiger partial charge in [-0.1, -0.05) is 83.4 Å². The molecule has 1 atom stereocenters. The third-order valence-electron chi connectivity index (χ3n) is 9.43. The molecule has 176 valence electrons. The molecule has 0 aliphatic carbocycles. The first-order chi connectivity index (χ1) is 16.4. The van der Waals surface area contributed by atoms with Crippen LogP contribution in [0.5, 0.6) is 0 Å². The molecule has 2 nitrogen and oxygen atoms in total. The molecule has 34 heavy (non-hydrogen) atoms. The van der Waals surface area contributed by atoms with Gasteiger partial charge in [-0.05, 0) is 43.4 Å². The van der Waals surface area contributed by atoms with E-state index in [9.17, 15) is 0 Å². The number of hydrogen-bond donors (Lipinski definition) is 0. The van der Waals surface area contributed by atoms with Gasteiger partial charge in [0.2, 0.25) is 0 Å². The van der Waals surface area contributed by atoms with Crippen molar-refractivity contribution in [1.29, 1.82) is 0 Å². The van der Waals surface area contributed by atoms with Gasteiger partial charge in [-0.2, -0.15) is 4.40 Å². The Balaban J connectivity index is 1.86. The highest BCUT2D eigenvalue weighted by atomic mass is 15.2. The smallest absolute Gasteiger partial charge is 0.218 e. The van der Waals surface area contributed by atoms with Crippen LogP contribution in [0.4, 0.5) is 0 Å². The van der Waals surface area contributed by atoms with Gasteiger partial charge in [0.25, 0.3) is 5.65 Å². The largest absolute Gasteiger partial charge is 0.296 e. The molecular weight excluding hydrogens is 412 g/mol. The number of allylic oxidation sites excluding steroid dienone is 1. The van der Waals surface area contributed by atoms with Crippen LogP contribution in [0.25, 0.3) is 33.4 Å². The summed E-state index contributed by atoms with van der Waals surface area (Å²) in [6.07, 6.45) is 13.4. The average molecular weight is 452 g/mol. The lowest BCUT2D eigenvalue weighted by molar-refractivity contribution is -0.494. The number of aromatic nitrogens is 2. The van der Waals surface area contributed by atoms with E-state index in [0.717, 1.165) is 19.3 Å². The normalized spacial score (nSPS) is 20.3. The number of fused-ring (bicyclic) bond motifs is 1. The number of nitrogens with zero attached hydrogens (tertiary/aromatic N) is 2. The molecule has 0 saturated carbocycles. The third-order valence-corrected chi connectivity index (χ3v) is 9.43. The summed E-state index contributed by atoms with van der Waals surface area (Å²) >= 11 is 0. The summed E-state index contributed by atoms with van der Waals surface area (Å²) in [6, 6.07) is 11.8. The molecule has 4 aromatic rings. The number of unbranched alkanes of at least 4 members (excludes halogenated alkanes) is 2. The van der Waals surface area contributed by atoms with E-state index in [2.05, 4.69) is 93.0 Å². The van der Waals surface area contributed by atoms with Gasteiger partial charge in [0, 0.05) is 35.1 Å². The molecule has 6 rings (SSSR count). The van der Waals surface area contributed by atoms with E-state index in [4.69, 9.17) is 0 Å². The summed E-state index contributed by atoms with van der Waals surface area (Å²) < 4.78 is 5.44. The highest BCUT2D eigenvalue weighted by Gasteiger charge is 2.46. The maximum absolute atomic E-state index is 2.74. The van der Waals surface area contributed by atoms with Gasteiger partial charge in [0.1, 0.15) is 16.7 Å². The monoisotopic (exact) mass is 451 g/mol. The predicted octanol–water partition coefficient (Wildman–Crippen LogP) is 8.09. The van der Waals surface area contributed by atoms with E-state index in [1.165, 1.54) is 75.5 Å². The zero-order chi connectivity index (χ0) is 23.8. The van der Waals surface area contributed by atoms with Crippen molar-refractivity contribution >= 4 is 33.4 Å². The maximum atomic E-state index is 2.74. The summed E-state index contributed by atoms with van der Waals surface area (Å²) in [6.45, 7) is 14.3. The zero-order valence-electron chi connectivity index (χ0n) is 21.9. The van der Waals surface area contributed by atoms with Crippen LogP contribution in [0, 0.1) is 13.8 Å². The summed E-state index contributed by atoms with van der Waals surface area (Å²) in [5, 5.41) is 4.31. The van der Waals surface area contributed by atoms with Crippen LogP contribution in [0.3, 0.4) is 0 Å². The summed E-state index contributed by atoms with van der Waals surface area (Å²) in [4.78, 5) is 0. The molecule has 4 heterocycles. The Labute approximate surface area is 204 Å². The second-order valence-electron chi connectivity index (χ2n) is 11.3. The summed E-state index contributed by atoms with van der Waals surface area (Å²) in [5.41, 5.74) is 10.4. The minimum atomic E-state index is 0.0140. The van der Waals surface area contributed by atoms with Crippen molar-refractivity contribution < 1.29 is 4.40 Å². The molecule has 0 amide bonds. The Morgan fingerprint density at radius 1 is 0.971 bits per heavy atom. The molecule has 0 radical (unpaired) electrons. The summed E-state index contributed by atoms with van der Waals surface area (Å²) in [5.74, 6) is 0. The van der Waals surface area contributed by atoms with Crippen molar-refractivity contribution in [3.05, 3.63) is 64.5 Å². The molecule has 1 unspecified atom stereocenters. The Hall–Kier alpha value is -2.61. The minimum Gasteiger partial charge on any atom is -0.218 e. The highest BCUT2D eigenvalue weighted by Crippen LogP contribution is 2.47. The van der Waals surface area contributed by atoms with Gasteiger partial charge < -0.3 is 0 Å². The van der Waals surface area contributed by atoms with E-state index < -0.39 is 0 Å². The van der Waals surface area contributed by atoms with E-state index >= 15 is 0 Å². The fourth-order valence-electron chi connectivity index (χ4n) is 7.39. The van der Waals surface area contributed by atoms with Crippen molar-refractivity contribution in [3.8, 4) is 0 Å². The van der Waals surface area contributed by atoms with Crippen LogP contribution in [0.1, 0.15) is 94.3 Å². The van der Waals surface area contributed by atoms with Crippen molar-refractivity contribution in [2.75, 3.05) is 0 Å². The lowest BCUT2D eigenvalue weighted by Crippen LogP contribution is -2.41. The first-order valence-electron chi connectivity index (χ1n) is 13.5. The van der Waals surface area contributed by atoms with E-state index in [1.807, 2.05) is 0 Å². The Bertz CT molecular complexity index is 1500. The molecule has 0 fully saturated rings. The van der Waals surface area contributed by atoms with Gasteiger partial charge in [-0.25, -0.2) is 4.57 Å². The molecule has 2 aromatic heterocycles. The van der Waals surface area contributed by atoms with Crippen LogP contribution in [-0.2, 0) is 17.4 Å². The molecule has 0 spiro atoms. The first-order valence-corrected chi connectivity index (χ1v) is 13.5. The Kier molecular flexibility index (Phi) is 4.79. The number of benzene rings is 2. The summed E-state index contributed by atoms with van der Waals surface area (Å²) in [7, 11) is 0. The molecular formula is C32H39N2+.